The lowest BCUT2D eigenvalue weighted by molar-refractivity contribution is -0.384. The summed E-state index contributed by atoms with van der Waals surface area (Å²) >= 11 is 0. The van der Waals surface area contributed by atoms with Gasteiger partial charge in [-0.15, -0.1) is 0 Å². The van der Waals surface area contributed by atoms with Gasteiger partial charge in [-0.05, 0) is 37.6 Å². The average molecular weight is 400 g/mol. The number of rotatable bonds is 12. The Bertz CT molecular complexity index is 792. The summed E-state index contributed by atoms with van der Waals surface area (Å²) in [6.45, 7) is 4.46. The van der Waals surface area contributed by atoms with Crippen LogP contribution in [0.5, 0.6) is 11.5 Å². The maximum absolute atomic E-state index is 12.4. The zero-order chi connectivity index (χ0) is 21.1. The number of nitrogens with one attached hydrogen (secondary N) is 1. The second-order valence-corrected chi connectivity index (χ2v) is 6.79. The number of non-ortho nitro benzene ring substituents is 1. The van der Waals surface area contributed by atoms with Crippen molar-refractivity contribution in [2.45, 2.75) is 52.1 Å². The molecule has 0 aliphatic carbocycles. The molecule has 1 N–H and O–H groups in total. The SMILES string of the molecule is CCCCCCCOc1cccc(NC(=O)C(C)Oc2ccc([N+](=O)[O-])cc2)c1. The number of ether oxygens (including phenoxy) is 2. The third-order valence-corrected chi connectivity index (χ3v) is 4.35. The lowest BCUT2D eigenvalue weighted by atomic mass is 10.2. The van der Waals surface area contributed by atoms with Gasteiger partial charge in [-0.25, -0.2) is 0 Å². The molecule has 0 bridgehead atoms. The molecule has 0 spiro atoms. The van der Waals surface area contributed by atoms with Crippen molar-refractivity contribution >= 4 is 17.3 Å². The van der Waals surface area contributed by atoms with E-state index in [1.54, 1.807) is 19.1 Å². The highest BCUT2D eigenvalue weighted by molar-refractivity contribution is 5.94. The van der Waals surface area contributed by atoms with Crippen molar-refractivity contribution in [2.24, 2.45) is 0 Å². The first-order valence-electron chi connectivity index (χ1n) is 9.94. The number of carbonyl (C=O) groups excluding carboxylic acids is 1. The van der Waals surface area contributed by atoms with Crippen molar-refractivity contribution in [3.63, 3.8) is 0 Å². The number of hydrogen-bond acceptors (Lipinski definition) is 5. The van der Waals surface area contributed by atoms with Gasteiger partial charge in [0.25, 0.3) is 11.6 Å². The lowest BCUT2D eigenvalue weighted by Crippen LogP contribution is -2.30. The molecule has 2 aromatic rings. The summed E-state index contributed by atoms with van der Waals surface area (Å²) in [7, 11) is 0. The van der Waals surface area contributed by atoms with Gasteiger partial charge < -0.3 is 14.8 Å². The smallest absolute Gasteiger partial charge is 0.269 e. The molecule has 156 valence electrons. The fraction of sp³-hybridized carbons (Fsp3) is 0.409. The second kappa shape index (κ2) is 11.7. The summed E-state index contributed by atoms with van der Waals surface area (Å²) in [5.41, 5.74) is 0.592. The lowest BCUT2D eigenvalue weighted by Gasteiger charge is -2.15. The molecule has 0 aliphatic heterocycles. The molecule has 0 fully saturated rings. The van der Waals surface area contributed by atoms with Gasteiger partial charge in [0.2, 0.25) is 0 Å². The fourth-order valence-corrected chi connectivity index (χ4v) is 2.71. The second-order valence-electron chi connectivity index (χ2n) is 6.79. The van der Waals surface area contributed by atoms with E-state index < -0.39 is 11.0 Å². The van der Waals surface area contributed by atoms with E-state index in [1.165, 1.54) is 43.5 Å². The van der Waals surface area contributed by atoms with Crippen molar-refractivity contribution in [3.8, 4) is 11.5 Å². The molecule has 7 heteroatoms. The summed E-state index contributed by atoms with van der Waals surface area (Å²) in [6, 6.07) is 12.9. The zero-order valence-corrected chi connectivity index (χ0v) is 16.9. The van der Waals surface area contributed by atoms with E-state index in [4.69, 9.17) is 9.47 Å². The Morgan fingerprint density at radius 3 is 2.48 bits per heavy atom. The highest BCUT2D eigenvalue weighted by Crippen LogP contribution is 2.20. The number of nitrogens with zero attached hydrogens (tertiary/aromatic N) is 1. The summed E-state index contributed by atoms with van der Waals surface area (Å²) in [5.74, 6) is 0.778. The van der Waals surface area contributed by atoms with Gasteiger partial charge in [0.1, 0.15) is 11.5 Å². The van der Waals surface area contributed by atoms with E-state index in [0.717, 1.165) is 12.8 Å². The summed E-state index contributed by atoms with van der Waals surface area (Å²) in [4.78, 5) is 22.6. The highest BCUT2D eigenvalue weighted by atomic mass is 16.6. The Labute approximate surface area is 171 Å². The molecule has 2 rings (SSSR count). The minimum absolute atomic E-state index is 0.0309. The quantitative estimate of drug-likeness (QED) is 0.295. The maximum Gasteiger partial charge on any atom is 0.269 e. The van der Waals surface area contributed by atoms with Crippen LogP contribution in [0.25, 0.3) is 0 Å². The maximum atomic E-state index is 12.4. The molecule has 0 aromatic heterocycles. The van der Waals surface area contributed by atoms with Crippen molar-refractivity contribution in [2.75, 3.05) is 11.9 Å². The van der Waals surface area contributed by atoms with Gasteiger partial charge in [0, 0.05) is 23.9 Å². The Balaban J connectivity index is 1.82. The number of amides is 1. The van der Waals surface area contributed by atoms with Crippen LogP contribution in [0.1, 0.15) is 46.0 Å². The van der Waals surface area contributed by atoms with E-state index in [-0.39, 0.29) is 11.6 Å². The molecule has 29 heavy (non-hydrogen) atoms. The number of benzene rings is 2. The number of hydrogen-bond donors (Lipinski definition) is 1. The molecule has 2 aromatic carbocycles. The largest absolute Gasteiger partial charge is 0.494 e. The van der Waals surface area contributed by atoms with E-state index in [2.05, 4.69) is 12.2 Å². The average Bonchev–Trinajstić information content (AvgIpc) is 2.71. The third-order valence-electron chi connectivity index (χ3n) is 4.35. The Morgan fingerprint density at radius 1 is 1.07 bits per heavy atom. The first-order valence-corrected chi connectivity index (χ1v) is 9.94. The van der Waals surface area contributed by atoms with Crippen LogP contribution in [-0.2, 0) is 4.79 Å². The number of nitro benzene ring substituents is 1. The fourth-order valence-electron chi connectivity index (χ4n) is 2.71. The molecule has 7 nitrogen and oxygen atoms in total. The van der Waals surface area contributed by atoms with Gasteiger partial charge in [0.05, 0.1) is 11.5 Å². The normalized spacial score (nSPS) is 11.5. The van der Waals surface area contributed by atoms with Crippen LogP contribution >= 0.6 is 0 Å². The highest BCUT2D eigenvalue weighted by Gasteiger charge is 2.16. The van der Waals surface area contributed by atoms with E-state index in [0.29, 0.717) is 23.8 Å². The number of unbranched alkanes of at least 4 members (excludes halogenated alkanes) is 4. The molecule has 1 amide bonds. The molecular formula is C22H28N2O5. The van der Waals surface area contributed by atoms with Crippen LogP contribution in [0, 0.1) is 10.1 Å². The molecular weight excluding hydrogens is 372 g/mol. The monoisotopic (exact) mass is 400 g/mol. The first kappa shape index (κ1) is 22.2. The Morgan fingerprint density at radius 2 is 1.79 bits per heavy atom. The van der Waals surface area contributed by atoms with Crippen molar-refractivity contribution in [3.05, 3.63) is 58.6 Å². The van der Waals surface area contributed by atoms with Crippen LogP contribution in [0.3, 0.4) is 0 Å². The van der Waals surface area contributed by atoms with Gasteiger partial charge in [0.15, 0.2) is 6.10 Å². The van der Waals surface area contributed by atoms with Crippen LogP contribution < -0.4 is 14.8 Å². The first-order chi connectivity index (χ1) is 14.0. The van der Waals surface area contributed by atoms with Crippen LogP contribution in [-0.4, -0.2) is 23.5 Å². The minimum atomic E-state index is -0.764. The van der Waals surface area contributed by atoms with Gasteiger partial charge in [-0.2, -0.15) is 0 Å². The molecule has 1 atom stereocenters. The molecule has 0 saturated carbocycles. The molecule has 0 saturated heterocycles. The van der Waals surface area contributed by atoms with E-state index >= 15 is 0 Å². The number of nitro groups is 1. The molecule has 0 aliphatic rings. The molecule has 1 unspecified atom stereocenters. The number of carbonyl (C=O) groups is 1. The zero-order valence-electron chi connectivity index (χ0n) is 16.9. The van der Waals surface area contributed by atoms with E-state index in [9.17, 15) is 14.9 Å². The summed E-state index contributed by atoms with van der Waals surface area (Å²) in [6.07, 6.45) is 5.09. The summed E-state index contributed by atoms with van der Waals surface area (Å²) in [5, 5.41) is 13.5. The topological polar surface area (TPSA) is 90.7 Å². The summed E-state index contributed by atoms with van der Waals surface area (Å²) < 4.78 is 11.3. The Hall–Kier alpha value is -3.09. The minimum Gasteiger partial charge on any atom is -0.494 e. The standard InChI is InChI=1S/C22H28N2O5/c1-3-4-5-6-7-15-28-21-10-8-9-18(16-21)23-22(25)17(2)29-20-13-11-19(12-14-20)24(26)27/h8-14,16-17H,3-7,15H2,1-2H3,(H,23,25). The molecule has 0 radical (unpaired) electrons. The predicted molar refractivity (Wildman–Crippen MR) is 113 cm³/mol. The predicted octanol–water partition coefficient (Wildman–Crippen LogP) is 5.35. The van der Waals surface area contributed by atoms with Crippen molar-refractivity contribution in [1.29, 1.82) is 0 Å². The van der Waals surface area contributed by atoms with Crippen LogP contribution in [0.4, 0.5) is 11.4 Å². The van der Waals surface area contributed by atoms with Gasteiger partial charge >= 0.3 is 0 Å². The Kier molecular flexibility index (Phi) is 8.95. The van der Waals surface area contributed by atoms with Gasteiger partial charge in [-0.1, -0.05) is 38.7 Å². The van der Waals surface area contributed by atoms with Crippen LogP contribution in [0.2, 0.25) is 0 Å². The number of anilines is 1. The van der Waals surface area contributed by atoms with Gasteiger partial charge in [-0.3, -0.25) is 14.9 Å². The van der Waals surface area contributed by atoms with Crippen molar-refractivity contribution in [1.82, 2.24) is 0 Å². The van der Waals surface area contributed by atoms with Crippen molar-refractivity contribution < 1.29 is 19.2 Å². The van der Waals surface area contributed by atoms with E-state index in [1.807, 2.05) is 12.1 Å². The third kappa shape index (κ3) is 7.81. The molecule has 0 heterocycles. The van der Waals surface area contributed by atoms with Crippen LogP contribution in [0.15, 0.2) is 48.5 Å².